The Labute approximate surface area is 183 Å². The second-order valence-electron chi connectivity index (χ2n) is 6.67. The second kappa shape index (κ2) is 9.19. The third-order valence-corrected chi connectivity index (χ3v) is 5.71. The number of aryl methyl sites for hydroxylation is 1. The standard InChI is InChI=1S/C22H19ClN4O2S/c1-15-10-19(29-26-15)14-30-21-5-3-2-4-20(21)22(28)24-11-16-12-25-27(13-16)18-8-6-17(23)7-9-18/h2-10,12-13H,11,14H2,1H3,(H,24,28). The highest BCUT2D eigenvalue weighted by molar-refractivity contribution is 7.98. The van der Waals surface area contributed by atoms with Gasteiger partial charge in [-0.3, -0.25) is 4.79 Å². The van der Waals surface area contributed by atoms with E-state index in [-0.39, 0.29) is 5.91 Å². The lowest BCUT2D eigenvalue weighted by Crippen LogP contribution is -2.23. The smallest absolute Gasteiger partial charge is 0.252 e. The van der Waals surface area contributed by atoms with Crippen LogP contribution >= 0.6 is 23.4 Å². The van der Waals surface area contributed by atoms with E-state index >= 15 is 0 Å². The highest BCUT2D eigenvalue weighted by Crippen LogP contribution is 2.26. The maximum atomic E-state index is 12.8. The van der Waals surface area contributed by atoms with Gasteiger partial charge in [-0.25, -0.2) is 4.68 Å². The Hall–Kier alpha value is -3.03. The molecule has 2 aromatic carbocycles. The molecular formula is C22H19ClN4O2S. The molecule has 152 valence electrons. The summed E-state index contributed by atoms with van der Waals surface area (Å²) in [5.74, 6) is 1.26. The first-order valence-corrected chi connectivity index (χ1v) is 10.7. The van der Waals surface area contributed by atoms with E-state index < -0.39 is 0 Å². The number of halogens is 1. The van der Waals surface area contributed by atoms with Crippen molar-refractivity contribution < 1.29 is 9.32 Å². The van der Waals surface area contributed by atoms with Crippen LogP contribution in [-0.4, -0.2) is 20.8 Å². The molecule has 0 atom stereocenters. The van der Waals surface area contributed by atoms with Gasteiger partial charge in [0.05, 0.1) is 28.9 Å². The van der Waals surface area contributed by atoms with Crippen molar-refractivity contribution in [2.45, 2.75) is 24.1 Å². The number of nitrogens with one attached hydrogen (secondary N) is 1. The summed E-state index contributed by atoms with van der Waals surface area (Å²) in [5.41, 5.74) is 3.28. The van der Waals surface area contributed by atoms with Crippen LogP contribution in [0.15, 0.2) is 76.4 Å². The van der Waals surface area contributed by atoms with E-state index in [2.05, 4.69) is 15.6 Å². The maximum Gasteiger partial charge on any atom is 0.252 e. The van der Waals surface area contributed by atoms with Crippen molar-refractivity contribution in [3.63, 3.8) is 0 Å². The first-order valence-electron chi connectivity index (χ1n) is 9.30. The number of carbonyl (C=O) groups is 1. The van der Waals surface area contributed by atoms with Gasteiger partial charge in [-0.2, -0.15) is 5.10 Å². The van der Waals surface area contributed by atoms with Gasteiger partial charge in [0, 0.05) is 34.3 Å². The molecule has 0 fully saturated rings. The molecule has 2 aromatic heterocycles. The van der Waals surface area contributed by atoms with E-state index in [0.29, 0.717) is 22.9 Å². The number of benzene rings is 2. The summed E-state index contributed by atoms with van der Waals surface area (Å²) < 4.78 is 7.00. The van der Waals surface area contributed by atoms with Crippen LogP contribution in [0.3, 0.4) is 0 Å². The molecule has 8 heteroatoms. The molecule has 0 saturated heterocycles. The van der Waals surface area contributed by atoms with E-state index in [1.165, 1.54) is 0 Å². The van der Waals surface area contributed by atoms with E-state index in [1.807, 2.05) is 67.7 Å². The van der Waals surface area contributed by atoms with E-state index in [1.54, 1.807) is 22.6 Å². The zero-order valence-corrected chi connectivity index (χ0v) is 17.8. The number of amides is 1. The van der Waals surface area contributed by atoms with Gasteiger partial charge in [-0.1, -0.05) is 28.9 Å². The topological polar surface area (TPSA) is 73.0 Å². The van der Waals surface area contributed by atoms with Crippen molar-refractivity contribution in [2.24, 2.45) is 0 Å². The summed E-state index contributed by atoms with van der Waals surface area (Å²) in [6.07, 6.45) is 3.62. The second-order valence-corrected chi connectivity index (χ2v) is 8.13. The summed E-state index contributed by atoms with van der Waals surface area (Å²) in [5, 5.41) is 11.9. The molecule has 4 aromatic rings. The van der Waals surface area contributed by atoms with Crippen LogP contribution in [0.1, 0.15) is 27.4 Å². The Morgan fingerprint density at radius 2 is 2.00 bits per heavy atom. The summed E-state index contributed by atoms with van der Waals surface area (Å²) in [7, 11) is 0. The fourth-order valence-corrected chi connectivity index (χ4v) is 3.93. The van der Waals surface area contributed by atoms with Crippen molar-refractivity contribution in [3.8, 4) is 5.69 Å². The highest BCUT2D eigenvalue weighted by Gasteiger charge is 2.13. The first-order chi connectivity index (χ1) is 14.6. The summed E-state index contributed by atoms with van der Waals surface area (Å²) in [6.45, 7) is 2.26. The quantitative estimate of drug-likeness (QED) is 0.409. The Morgan fingerprint density at radius 1 is 1.20 bits per heavy atom. The van der Waals surface area contributed by atoms with E-state index in [9.17, 15) is 4.79 Å². The van der Waals surface area contributed by atoms with Crippen molar-refractivity contribution in [1.82, 2.24) is 20.3 Å². The summed E-state index contributed by atoms with van der Waals surface area (Å²) >= 11 is 7.48. The average Bonchev–Trinajstić information content (AvgIpc) is 3.40. The Bertz CT molecular complexity index is 1150. The molecule has 0 spiro atoms. The summed E-state index contributed by atoms with van der Waals surface area (Å²) in [6, 6.07) is 16.8. The van der Waals surface area contributed by atoms with Gasteiger partial charge in [-0.15, -0.1) is 11.8 Å². The highest BCUT2D eigenvalue weighted by atomic mass is 35.5. The van der Waals surface area contributed by atoms with Crippen LogP contribution in [0, 0.1) is 6.92 Å². The van der Waals surface area contributed by atoms with E-state index in [0.717, 1.165) is 27.6 Å². The van der Waals surface area contributed by atoms with Gasteiger partial charge in [0.15, 0.2) is 0 Å². The maximum absolute atomic E-state index is 12.8. The predicted octanol–water partition coefficient (Wildman–Crippen LogP) is 5.04. The number of hydrogen-bond donors (Lipinski definition) is 1. The minimum atomic E-state index is -0.133. The van der Waals surface area contributed by atoms with Crippen molar-refractivity contribution in [2.75, 3.05) is 0 Å². The largest absolute Gasteiger partial charge is 0.360 e. The van der Waals surface area contributed by atoms with Gasteiger partial charge in [0.2, 0.25) is 0 Å². The van der Waals surface area contributed by atoms with Crippen molar-refractivity contribution in [1.29, 1.82) is 0 Å². The molecule has 2 heterocycles. The molecule has 1 N–H and O–H groups in total. The summed E-state index contributed by atoms with van der Waals surface area (Å²) in [4.78, 5) is 13.7. The molecule has 0 aliphatic carbocycles. The molecule has 1 amide bonds. The number of hydrogen-bond acceptors (Lipinski definition) is 5. The van der Waals surface area contributed by atoms with Gasteiger partial charge in [0.25, 0.3) is 5.91 Å². The fraction of sp³-hybridized carbons (Fsp3) is 0.136. The molecule has 6 nitrogen and oxygen atoms in total. The van der Waals surface area contributed by atoms with Crippen LogP contribution in [0.4, 0.5) is 0 Å². The van der Waals surface area contributed by atoms with Crippen molar-refractivity contribution >= 4 is 29.3 Å². The third-order valence-electron chi connectivity index (χ3n) is 4.36. The molecule has 0 saturated carbocycles. The molecule has 0 unspecified atom stereocenters. The number of nitrogens with zero attached hydrogens (tertiary/aromatic N) is 3. The molecule has 0 bridgehead atoms. The minimum absolute atomic E-state index is 0.133. The van der Waals surface area contributed by atoms with E-state index in [4.69, 9.17) is 16.1 Å². The zero-order chi connectivity index (χ0) is 20.9. The van der Waals surface area contributed by atoms with Crippen LogP contribution in [0.25, 0.3) is 5.69 Å². The van der Waals surface area contributed by atoms with Crippen LogP contribution < -0.4 is 5.32 Å². The molecule has 0 radical (unpaired) electrons. The Kier molecular flexibility index (Phi) is 6.21. The minimum Gasteiger partial charge on any atom is -0.360 e. The zero-order valence-electron chi connectivity index (χ0n) is 16.2. The fourth-order valence-electron chi connectivity index (χ4n) is 2.88. The predicted molar refractivity (Wildman–Crippen MR) is 117 cm³/mol. The first kappa shape index (κ1) is 20.3. The number of thioether (sulfide) groups is 1. The lowest BCUT2D eigenvalue weighted by molar-refractivity contribution is 0.0948. The SMILES string of the molecule is Cc1cc(CSc2ccccc2C(=O)NCc2cnn(-c3ccc(Cl)cc3)c2)on1. The average molecular weight is 439 g/mol. The molecule has 4 rings (SSSR count). The lowest BCUT2D eigenvalue weighted by Gasteiger charge is -2.08. The van der Waals surface area contributed by atoms with Gasteiger partial charge in [0.1, 0.15) is 5.76 Å². The Balaban J connectivity index is 1.39. The molecule has 0 aliphatic heterocycles. The molecule has 30 heavy (non-hydrogen) atoms. The van der Waals surface area contributed by atoms with Gasteiger partial charge < -0.3 is 9.84 Å². The van der Waals surface area contributed by atoms with Crippen molar-refractivity contribution in [3.05, 3.63) is 94.6 Å². The number of rotatable bonds is 7. The normalized spacial score (nSPS) is 10.9. The molecular weight excluding hydrogens is 420 g/mol. The monoisotopic (exact) mass is 438 g/mol. The third kappa shape index (κ3) is 4.93. The van der Waals surface area contributed by atoms with Gasteiger partial charge in [-0.05, 0) is 43.3 Å². The Morgan fingerprint density at radius 3 is 2.77 bits per heavy atom. The molecule has 0 aliphatic rings. The van der Waals surface area contributed by atoms with Gasteiger partial charge >= 0.3 is 0 Å². The van der Waals surface area contributed by atoms with Crippen LogP contribution in [0.5, 0.6) is 0 Å². The van der Waals surface area contributed by atoms with Crippen LogP contribution in [-0.2, 0) is 12.3 Å². The number of carbonyl (C=O) groups excluding carboxylic acids is 1. The van der Waals surface area contributed by atoms with Crippen LogP contribution in [0.2, 0.25) is 5.02 Å². The number of aromatic nitrogens is 3. The lowest BCUT2D eigenvalue weighted by atomic mass is 10.2.